The summed E-state index contributed by atoms with van der Waals surface area (Å²) in [4.78, 5) is 28.6. The highest BCUT2D eigenvalue weighted by atomic mass is 35.5. The Balaban J connectivity index is 1.94. The van der Waals surface area contributed by atoms with E-state index >= 15 is 0 Å². The molecule has 0 bridgehead atoms. The van der Waals surface area contributed by atoms with Gasteiger partial charge in [-0.2, -0.15) is 0 Å². The number of nitrogens with zero attached hydrogens (tertiary/aromatic N) is 1. The standard InChI is InChI=1S/C21H19ClN2O5/c1-12-13(9-10-29-12)20-18(28-2)8-7-16(23-20)21(27)24-17(11-19(25)26)14-5-3-4-6-15(14)22/h3-10,17H,11H2,1-2H3,(H,24,27)(H,25,26)/t17-/m0/s1. The first-order valence-corrected chi connectivity index (χ1v) is 9.15. The summed E-state index contributed by atoms with van der Waals surface area (Å²) < 4.78 is 10.7. The van der Waals surface area contributed by atoms with Crippen molar-refractivity contribution in [2.75, 3.05) is 7.11 Å². The molecule has 3 rings (SSSR count). The number of nitrogens with one attached hydrogen (secondary N) is 1. The molecule has 150 valence electrons. The van der Waals surface area contributed by atoms with Gasteiger partial charge in [0.25, 0.3) is 5.91 Å². The van der Waals surface area contributed by atoms with Crippen LogP contribution < -0.4 is 10.1 Å². The number of pyridine rings is 1. The molecule has 2 aromatic heterocycles. The zero-order valence-corrected chi connectivity index (χ0v) is 16.6. The Morgan fingerprint density at radius 1 is 1.24 bits per heavy atom. The number of carbonyl (C=O) groups excluding carboxylic acids is 1. The Bertz CT molecular complexity index is 1050. The number of carboxylic acid groups (broad SMARTS) is 1. The number of aliphatic carboxylic acids is 1. The summed E-state index contributed by atoms with van der Waals surface area (Å²) in [6.07, 6.45) is 1.21. The molecule has 1 atom stereocenters. The average molecular weight is 415 g/mol. The fourth-order valence-corrected chi connectivity index (χ4v) is 3.23. The van der Waals surface area contributed by atoms with Gasteiger partial charge in [0.1, 0.15) is 22.9 Å². The summed E-state index contributed by atoms with van der Waals surface area (Å²) in [7, 11) is 1.51. The molecule has 7 nitrogen and oxygen atoms in total. The third-order valence-electron chi connectivity index (χ3n) is 4.39. The van der Waals surface area contributed by atoms with Crippen LogP contribution in [-0.4, -0.2) is 29.1 Å². The number of hydrogen-bond donors (Lipinski definition) is 2. The molecule has 0 fully saturated rings. The molecule has 0 aliphatic rings. The maximum absolute atomic E-state index is 12.9. The minimum Gasteiger partial charge on any atom is -0.494 e. The zero-order chi connectivity index (χ0) is 21.0. The highest BCUT2D eigenvalue weighted by molar-refractivity contribution is 6.31. The van der Waals surface area contributed by atoms with Crippen LogP contribution in [0.3, 0.4) is 0 Å². The number of aryl methyl sites for hydroxylation is 1. The van der Waals surface area contributed by atoms with Crippen molar-refractivity contribution < 1.29 is 23.8 Å². The van der Waals surface area contributed by atoms with E-state index in [2.05, 4.69) is 10.3 Å². The minimum absolute atomic E-state index is 0.115. The van der Waals surface area contributed by atoms with Gasteiger partial charge in [0.05, 0.1) is 25.8 Å². The number of methoxy groups -OCH3 is 1. The number of aromatic nitrogens is 1. The molecule has 0 aliphatic heterocycles. The Morgan fingerprint density at radius 3 is 2.62 bits per heavy atom. The second-order valence-electron chi connectivity index (χ2n) is 6.28. The molecule has 0 unspecified atom stereocenters. The molecular formula is C21H19ClN2O5. The van der Waals surface area contributed by atoms with Gasteiger partial charge in [-0.15, -0.1) is 0 Å². The van der Waals surface area contributed by atoms with Crippen molar-refractivity contribution >= 4 is 23.5 Å². The van der Waals surface area contributed by atoms with Crippen LogP contribution in [0.5, 0.6) is 5.75 Å². The van der Waals surface area contributed by atoms with E-state index in [0.717, 1.165) is 0 Å². The van der Waals surface area contributed by atoms with E-state index in [1.54, 1.807) is 43.3 Å². The maximum atomic E-state index is 12.9. The lowest BCUT2D eigenvalue weighted by Gasteiger charge is -2.19. The Kier molecular flexibility index (Phi) is 6.19. The lowest BCUT2D eigenvalue weighted by atomic mass is 10.0. The van der Waals surface area contributed by atoms with Crippen LogP contribution in [0, 0.1) is 6.92 Å². The number of hydrogen-bond acceptors (Lipinski definition) is 5. The SMILES string of the molecule is COc1ccc(C(=O)N[C@@H](CC(=O)O)c2ccccc2Cl)nc1-c1ccoc1C. The van der Waals surface area contributed by atoms with Gasteiger partial charge >= 0.3 is 5.97 Å². The van der Waals surface area contributed by atoms with Crippen LogP contribution in [0.15, 0.2) is 53.1 Å². The summed E-state index contributed by atoms with van der Waals surface area (Å²) in [5, 5.41) is 12.3. The lowest BCUT2D eigenvalue weighted by Crippen LogP contribution is -2.31. The number of benzene rings is 1. The lowest BCUT2D eigenvalue weighted by molar-refractivity contribution is -0.137. The van der Waals surface area contributed by atoms with Crippen LogP contribution in [0.1, 0.15) is 34.3 Å². The average Bonchev–Trinajstić information content (AvgIpc) is 3.12. The quantitative estimate of drug-likeness (QED) is 0.599. The number of ether oxygens (including phenoxy) is 1. The van der Waals surface area contributed by atoms with Gasteiger partial charge in [-0.3, -0.25) is 9.59 Å². The van der Waals surface area contributed by atoms with Crippen LogP contribution in [0.2, 0.25) is 5.02 Å². The number of rotatable bonds is 7. The Hall–Kier alpha value is -3.32. The van der Waals surface area contributed by atoms with E-state index < -0.39 is 17.9 Å². The van der Waals surface area contributed by atoms with E-state index in [9.17, 15) is 14.7 Å². The van der Waals surface area contributed by atoms with Crippen molar-refractivity contribution in [2.24, 2.45) is 0 Å². The highest BCUT2D eigenvalue weighted by Crippen LogP contribution is 2.31. The van der Waals surface area contributed by atoms with Gasteiger partial charge in [0.15, 0.2) is 0 Å². The largest absolute Gasteiger partial charge is 0.494 e. The van der Waals surface area contributed by atoms with E-state index in [1.165, 1.54) is 19.4 Å². The van der Waals surface area contributed by atoms with E-state index in [4.69, 9.17) is 20.8 Å². The Labute approximate surface area is 172 Å². The van der Waals surface area contributed by atoms with E-state index in [0.29, 0.717) is 33.4 Å². The molecule has 3 aromatic rings. The van der Waals surface area contributed by atoms with Crippen molar-refractivity contribution in [2.45, 2.75) is 19.4 Å². The van der Waals surface area contributed by atoms with Crippen LogP contribution in [-0.2, 0) is 4.79 Å². The molecule has 0 spiro atoms. The number of halogens is 1. The second kappa shape index (κ2) is 8.79. The monoisotopic (exact) mass is 414 g/mol. The fourth-order valence-electron chi connectivity index (χ4n) is 2.96. The van der Waals surface area contributed by atoms with E-state index in [-0.39, 0.29) is 12.1 Å². The molecule has 0 radical (unpaired) electrons. The summed E-state index contributed by atoms with van der Waals surface area (Å²) in [5.41, 5.74) is 1.79. The van der Waals surface area contributed by atoms with Crippen molar-refractivity contribution in [3.8, 4) is 17.0 Å². The predicted octanol–water partition coefficient (Wildman–Crippen LogP) is 4.26. The summed E-state index contributed by atoms with van der Waals surface area (Å²) >= 11 is 6.19. The first-order valence-electron chi connectivity index (χ1n) is 8.77. The highest BCUT2D eigenvalue weighted by Gasteiger charge is 2.23. The molecular weight excluding hydrogens is 396 g/mol. The van der Waals surface area contributed by atoms with Crippen LogP contribution in [0.25, 0.3) is 11.3 Å². The molecule has 1 aromatic carbocycles. The summed E-state index contributed by atoms with van der Waals surface area (Å²) in [6.45, 7) is 1.78. The molecule has 29 heavy (non-hydrogen) atoms. The normalized spacial score (nSPS) is 11.7. The number of carbonyl (C=O) groups is 2. The first-order chi connectivity index (χ1) is 13.9. The third-order valence-corrected chi connectivity index (χ3v) is 4.73. The molecule has 8 heteroatoms. The van der Waals surface area contributed by atoms with E-state index in [1.807, 2.05) is 0 Å². The molecule has 0 aliphatic carbocycles. The Morgan fingerprint density at radius 2 is 2.00 bits per heavy atom. The predicted molar refractivity (Wildman–Crippen MR) is 107 cm³/mol. The molecule has 0 saturated heterocycles. The summed E-state index contributed by atoms with van der Waals surface area (Å²) in [6, 6.07) is 10.9. The molecule has 0 saturated carbocycles. The fraction of sp³-hybridized carbons (Fsp3) is 0.190. The zero-order valence-electron chi connectivity index (χ0n) is 15.8. The van der Waals surface area contributed by atoms with Gasteiger partial charge in [-0.1, -0.05) is 29.8 Å². The van der Waals surface area contributed by atoms with Gasteiger partial charge in [-0.25, -0.2) is 4.98 Å². The minimum atomic E-state index is -1.06. The van der Waals surface area contributed by atoms with Gasteiger partial charge < -0.3 is 19.6 Å². The van der Waals surface area contributed by atoms with Crippen molar-refractivity contribution in [1.82, 2.24) is 10.3 Å². The van der Waals surface area contributed by atoms with Gasteiger partial charge in [-0.05, 0) is 36.8 Å². The molecule has 2 heterocycles. The van der Waals surface area contributed by atoms with Gasteiger partial charge in [0, 0.05) is 10.6 Å². The van der Waals surface area contributed by atoms with Crippen LogP contribution >= 0.6 is 11.6 Å². The molecule has 1 amide bonds. The smallest absolute Gasteiger partial charge is 0.305 e. The number of carboxylic acids is 1. The first kappa shape index (κ1) is 20.4. The maximum Gasteiger partial charge on any atom is 0.305 e. The van der Waals surface area contributed by atoms with Crippen molar-refractivity contribution in [3.63, 3.8) is 0 Å². The number of amides is 1. The third kappa shape index (κ3) is 4.57. The molecule has 2 N–H and O–H groups in total. The number of furan rings is 1. The van der Waals surface area contributed by atoms with Crippen LogP contribution in [0.4, 0.5) is 0 Å². The second-order valence-corrected chi connectivity index (χ2v) is 6.69. The van der Waals surface area contributed by atoms with Crippen molar-refractivity contribution in [1.29, 1.82) is 0 Å². The van der Waals surface area contributed by atoms with Crippen molar-refractivity contribution in [3.05, 3.63) is 70.8 Å². The summed E-state index contributed by atoms with van der Waals surface area (Å²) in [5.74, 6) is -0.471. The van der Waals surface area contributed by atoms with Gasteiger partial charge in [0.2, 0.25) is 0 Å². The topological polar surface area (TPSA) is 102 Å².